The van der Waals surface area contributed by atoms with E-state index in [1.807, 2.05) is 18.8 Å². The van der Waals surface area contributed by atoms with Crippen LogP contribution >= 0.6 is 11.8 Å². The van der Waals surface area contributed by atoms with Gasteiger partial charge in [0.2, 0.25) is 0 Å². The van der Waals surface area contributed by atoms with Crippen LogP contribution in [0, 0.1) is 25.2 Å². The molecule has 16 heavy (non-hydrogen) atoms. The van der Waals surface area contributed by atoms with Gasteiger partial charge in [0, 0.05) is 10.6 Å². The average molecular weight is 234 g/mol. The van der Waals surface area contributed by atoms with Crippen molar-refractivity contribution in [3.8, 4) is 6.07 Å². The summed E-state index contributed by atoms with van der Waals surface area (Å²) in [4.78, 5) is 1.33. The molecule has 0 bridgehead atoms. The Morgan fingerprint density at radius 3 is 2.81 bits per heavy atom. The molecule has 1 rings (SSSR count). The van der Waals surface area contributed by atoms with Crippen LogP contribution in [0.25, 0.3) is 0 Å². The van der Waals surface area contributed by atoms with Crippen molar-refractivity contribution in [2.75, 3.05) is 12.8 Å². The fourth-order valence-corrected chi connectivity index (χ4v) is 2.56. The number of nitriles is 1. The van der Waals surface area contributed by atoms with E-state index in [-0.39, 0.29) is 6.04 Å². The number of thioether (sulfide) groups is 1. The number of nitrogens with one attached hydrogen (secondary N) is 1. The molecule has 0 heterocycles. The summed E-state index contributed by atoms with van der Waals surface area (Å²) in [5.74, 6) is 0.976. The molecule has 3 heteroatoms. The van der Waals surface area contributed by atoms with Gasteiger partial charge in [-0.25, -0.2) is 0 Å². The summed E-state index contributed by atoms with van der Waals surface area (Å²) < 4.78 is 0. The summed E-state index contributed by atoms with van der Waals surface area (Å²) in [5, 5.41) is 11.8. The third-order valence-electron chi connectivity index (χ3n) is 2.51. The lowest BCUT2D eigenvalue weighted by Crippen LogP contribution is -2.23. The van der Waals surface area contributed by atoms with E-state index < -0.39 is 0 Å². The van der Waals surface area contributed by atoms with Crippen LogP contribution in [-0.2, 0) is 0 Å². The molecular weight excluding hydrogens is 216 g/mol. The standard InChI is InChI=1S/C13H18N2S/c1-10-4-5-11(2)13(8-10)16-7-6-12(9-14)15-3/h4-5,8,12,15H,6-7H2,1-3H3. The van der Waals surface area contributed by atoms with Gasteiger partial charge >= 0.3 is 0 Å². The third-order valence-corrected chi connectivity index (χ3v) is 3.70. The predicted molar refractivity (Wildman–Crippen MR) is 69.7 cm³/mol. The second kappa shape index (κ2) is 6.57. The number of hydrogen-bond donors (Lipinski definition) is 1. The molecule has 0 aliphatic rings. The van der Waals surface area contributed by atoms with Gasteiger partial charge in [-0.3, -0.25) is 0 Å². The molecule has 86 valence electrons. The summed E-state index contributed by atoms with van der Waals surface area (Å²) in [6.45, 7) is 4.23. The highest BCUT2D eigenvalue weighted by Crippen LogP contribution is 2.24. The fraction of sp³-hybridized carbons (Fsp3) is 0.462. The Labute approximate surface area is 102 Å². The van der Waals surface area contributed by atoms with E-state index in [0.717, 1.165) is 12.2 Å². The van der Waals surface area contributed by atoms with Crippen molar-refractivity contribution in [3.05, 3.63) is 29.3 Å². The van der Waals surface area contributed by atoms with Crippen molar-refractivity contribution >= 4 is 11.8 Å². The molecule has 0 saturated heterocycles. The maximum atomic E-state index is 8.80. The molecule has 2 nitrogen and oxygen atoms in total. The van der Waals surface area contributed by atoms with E-state index in [2.05, 4.69) is 43.4 Å². The van der Waals surface area contributed by atoms with Gasteiger partial charge < -0.3 is 5.32 Å². The van der Waals surface area contributed by atoms with Crippen molar-refractivity contribution in [2.45, 2.75) is 31.2 Å². The normalized spacial score (nSPS) is 12.1. The van der Waals surface area contributed by atoms with Gasteiger partial charge in [0.15, 0.2) is 0 Å². The molecule has 0 aromatic heterocycles. The highest BCUT2D eigenvalue weighted by Gasteiger charge is 2.05. The lowest BCUT2D eigenvalue weighted by molar-refractivity contribution is 0.663. The zero-order valence-electron chi connectivity index (χ0n) is 10.1. The predicted octanol–water partition coefficient (Wildman–Crippen LogP) is 2.90. The van der Waals surface area contributed by atoms with E-state index >= 15 is 0 Å². The molecule has 0 aliphatic heterocycles. The first-order valence-corrected chi connectivity index (χ1v) is 6.43. The Morgan fingerprint density at radius 1 is 1.44 bits per heavy atom. The second-order valence-corrected chi connectivity index (χ2v) is 5.01. The van der Waals surface area contributed by atoms with Gasteiger partial charge in [-0.2, -0.15) is 5.26 Å². The van der Waals surface area contributed by atoms with Crippen LogP contribution in [0.1, 0.15) is 17.5 Å². The fourth-order valence-electron chi connectivity index (χ4n) is 1.42. The largest absolute Gasteiger partial charge is 0.305 e. The molecule has 0 fully saturated rings. The zero-order valence-corrected chi connectivity index (χ0v) is 10.9. The van der Waals surface area contributed by atoms with E-state index in [0.29, 0.717) is 0 Å². The molecule has 1 atom stereocenters. The quantitative estimate of drug-likeness (QED) is 0.796. The van der Waals surface area contributed by atoms with Gasteiger partial charge in [0.05, 0.1) is 12.1 Å². The first-order valence-electron chi connectivity index (χ1n) is 5.44. The maximum absolute atomic E-state index is 8.80. The maximum Gasteiger partial charge on any atom is 0.0958 e. The van der Waals surface area contributed by atoms with Crippen molar-refractivity contribution < 1.29 is 0 Å². The van der Waals surface area contributed by atoms with E-state index in [9.17, 15) is 0 Å². The summed E-state index contributed by atoms with van der Waals surface area (Å²) in [7, 11) is 1.83. The summed E-state index contributed by atoms with van der Waals surface area (Å²) in [5.41, 5.74) is 2.60. The second-order valence-electron chi connectivity index (χ2n) is 3.88. The van der Waals surface area contributed by atoms with Crippen molar-refractivity contribution in [1.29, 1.82) is 5.26 Å². The number of hydrogen-bond acceptors (Lipinski definition) is 3. The Kier molecular flexibility index (Phi) is 5.37. The number of nitrogens with zero attached hydrogens (tertiary/aromatic N) is 1. The summed E-state index contributed by atoms with van der Waals surface area (Å²) in [6, 6.07) is 8.70. The highest BCUT2D eigenvalue weighted by atomic mass is 32.2. The van der Waals surface area contributed by atoms with Crippen LogP contribution in [0.3, 0.4) is 0 Å². The molecule has 0 saturated carbocycles. The van der Waals surface area contributed by atoms with Gasteiger partial charge in [-0.1, -0.05) is 17.7 Å². The molecule has 0 radical (unpaired) electrons. The minimum absolute atomic E-state index is 0.0300. The van der Waals surface area contributed by atoms with Crippen LogP contribution in [0.2, 0.25) is 0 Å². The van der Waals surface area contributed by atoms with Crippen molar-refractivity contribution in [1.82, 2.24) is 5.32 Å². The van der Waals surface area contributed by atoms with E-state index in [4.69, 9.17) is 5.26 Å². The first kappa shape index (κ1) is 13.1. The molecule has 1 N–H and O–H groups in total. The molecule has 1 aromatic carbocycles. The molecule has 1 aromatic rings. The number of rotatable bonds is 5. The molecule has 1 unspecified atom stereocenters. The minimum atomic E-state index is -0.0300. The molecule has 0 amide bonds. The van der Waals surface area contributed by atoms with Gasteiger partial charge in [-0.15, -0.1) is 11.8 Å². The summed E-state index contributed by atoms with van der Waals surface area (Å²) >= 11 is 1.83. The Balaban J connectivity index is 2.49. The highest BCUT2D eigenvalue weighted by molar-refractivity contribution is 7.99. The SMILES string of the molecule is CNC(C#N)CCSc1cc(C)ccc1C. The smallest absolute Gasteiger partial charge is 0.0958 e. The number of benzene rings is 1. The van der Waals surface area contributed by atoms with Crippen LogP contribution < -0.4 is 5.32 Å². The Hall–Kier alpha value is -0.980. The monoisotopic (exact) mass is 234 g/mol. The number of aryl methyl sites for hydroxylation is 2. The van der Waals surface area contributed by atoms with Gasteiger partial charge in [0.25, 0.3) is 0 Å². The lowest BCUT2D eigenvalue weighted by Gasteiger charge is -2.09. The molecule has 0 aliphatic carbocycles. The van der Waals surface area contributed by atoms with Crippen LogP contribution in [0.4, 0.5) is 0 Å². The van der Waals surface area contributed by atoms with Crippen LogP contribution in [0.5, 0.6) is 0 Å². The van der Waals surface area contributed by atoms with Gasteiger partial charge in [-0.05, 0) is 38.9 Å². The Morgan fingerprint density at radius 2 is 2.19 bits per heavy atom. The van der Waals surface area contributed by atoms with Crippen molar-refractivity contribution in [3.63, 3.8) is 0 Å². The van der Waals surface area contributed by atoms with E-state index in [1.54, 1.807) is 0 Å². The molecule has 0 spiro atoms. The van der Waals surface area contributed by atoms with Crippen LogP contribution in [0.15, 0.2) is 23.1 Å². The van der Waals surface area contributed by atoms with Crippen molar-refractivity contribution in [2.24, 2.45) is 0 Å². The average Bonchev–Trinajstić information content (AvgIpc) is 2.29. The zero-order chi connectivity index (χ0) is 12.0. The first-order chi connectivity index (χ1) is 7.67. The van der Waals surface area contributed by atoms with E-state index in [1.165, 1.54) is 16.0 Å². The third kappa shape index (κ3) is 3.88. The topological polar surface area (TPSA) is 35.8 Å². The minimum Gasteiger partial charge on any atom is -0.305 e. The molecular formula is C13H18N2S. The Bertz CT molecular complexity index is 382. The van der Waals surface area contributed by atoms with Gasteiger partial charge in [0.1, 0.15) is 0 Å². The summed E-state index contributed by atoms with van der Waals surface area (Å²) in [6.07, 6.45) is 0.880. The van der Waals surface area contributed by atoms with Crippen LogP contribution in [-0.4, -0.2) is 18.8 Å². The lowest BCUT2D eigenvalue weighted by atomic mass is 10.2.